The first kappa shape index (κ1) is 13.5. The van der Waals surface area contributed by atoms with Crippen LogP contribution < -0.4 is 10.6 Å². The Hall–Kier alpha value is -1.88. The molecule has 0 radical (unpaired) electrons. The molecule has 0 aliphatic carbocycles. The van der Waals surface area contributed by atoms with Crippen LogP contribution in [0.5, 0.6) is 0 Å². The molecule has 19 heavy (non-hydrogen) atoms. The molecule has 0 saturated heterocycles. The number of fused-ring (bicyclic) bond motifs is 1. The summed E-state index contributed by atoms with van der Waals surface area (Å²) in [6.07, 6.45) is 0.930. The fraction of sp³-hybridized carbons (Fsp3) is 0.429. The van der Waals surface area contributed by atoms with E-state index in [4.69, 9.17) is 0 Å². The second kappa shape index (κ2) is 5.84. The van der Waals surface area contributed by atoms with Crippen molar-refractivity contribution in [3.8, 4) is 0 Å². The molecule has 1 heterocycles. The van der Waals surface area contributed by atoms with E-state index < -0.39 is 0 Å². The SMILES string of the molecule is CNC(=O)CN(C)C(=O)C1NCCc2ccccc21. The van der Waals surface area contributed by atoms with Crippen LogP contribution in [0, 0.1) is 0 Å². The Morgan fingerprint density at radius 1 is 1.42 bits per heavy atom. The summed E-state index contributed by atoms with van der Waals surface area (Å²) in [4.78, 5) is 25.2. The lowest BCUT2D eigenvalue weighted by atomic mass is 9.93. The van der Waals surface area contributed by atoms with E-state index in [2.05, 4.69) is 16.7 Å². The molecular formula is C14H19N3O2. The van der Waals surface area contributed by atoms with Gasteiger partial charge in [-0.05, 0) is 17.5 Å². The van der Waals surface area contributed by atoms with Gasteiger partial charge < -0.3 is 15.5 Å². The average molecular weight is 261 g/mol. The zero-order valence-corrected chi connectivity index (χ0v) is 11.3. The maximum atomic E-state index is 12.4. The maximum absolute atomic E-state index is 12.4. The van der Waals surface area contributed by atoms with E-state index in [9.17, 15) is 9.59 Å². The summed E-state index contributed by atoms with van der Waals surface area (Å²) < 4.78 is 0. The molecule has 0 bridgehead atoms. The van der Waals surface area contributed by atoms with Crippen LogP contribution in [0.4, 0.5) is 0 Å². The van der Waals surface area contributed by atoms with E-state index in [1.807, 2.05) is 18.2 Å². The molecule has 1 aromatic carbocycles. The van der Waals surface area contributed by atoms with Gasteiger partial charge in [-0.1, -0.05) is 24.3 Å². The lowest BCUT2D eigenvalue weighted by Crippen LogP contribution is -2.45. The summed E-state index contributed by atoms with van der Waals surface area (Å²) in [6, 6.07) is 7.59. The Morgan fingerprint density at radius 2 is 2.16 bits per heavy atom. The van der Waals surface area contributed by atoms with Crippen LogP contribution in [0.2, 0.25) is 0 Å². The molecule has 2 N–H and O–H groups in total. The molecule has 0 spiro atoms. The summed E-state index contributed by atoms with van der Waals surface area (Å²) in [5.74, 6) is -0.240. The van der Waals surface area contributed by atoms with E-state index in [-0.39, 0.29) is 24.4 Å². The molecule has 5 nitrogen and oxygen atoms in total. The van der Waals surface area contributed by atoms with Gasteiger partial charge in [0.15, 0.2) is 0 Å². The molecule has 0 saturated carbocycles. The largest absolute Gasteiger partial charge is 0.358 e. The molecule has 0 aromatic heterocycles. The van der Waals surface area contributed by atoms with Crippen LogP contribution in [0.3, 0.4) is 0 Å². The standard InChI is InChI=1S/C14H19N3O2/c1-15-12(18)9-17(2)14(19)13-11-6-4-3-5-10(11)7-8-16-13/h3-6,13,16H,7-9H2,1-2H3,(H,15,18). The topological polar surface area (TPSA) is 61.4 Å². The number of benzene rings is 1. The van der Waals surface area contributed by atoms with Gasteiger partial charge in [-0.2, -0.15) is 0 Å². The zero-order valence-electron chi connectivity index (χ0n) is 11.3. The summed E-state index contributed by atoms with van der Waals surface area (Å²) in [5.41, 5.74) is 2.22. The highest BCUT2D eigenvalue weighted by Crippen LogP contribution is 2.23. The third kappa shape index (κ3) is 2.93. The Morgan fingerprint density at radius 3 is 2.89 bits per heavy atom. The molecular weight excluding hydrogens is 242 g/mol. The second-order valence-electron chi connectivity index (χ2n) is 4.70. The van der Waals surface area contributed by atoms with Gasteiger partial charge in [-0.3, -0.25) is 9.59 Å². The van der Waals surface area contributed by atoms with Crippen molar-refractivity contribution in [2.75, 3.05) is 27.2 Å². The van der Waals surface area contributed by atoms with Crippen LogP contribution in [0.1, 0.15) is 17.2 Å². The van der Waals surface area contributed by atoms with E-state index >= 15 is 0 Å². The van der Waals surface area contributed by atoms with Crippen molar-refractivity contribution in [1.82, 2.24) is 15.5 Å². The van der Waals surface area contributed by atoms with Crippen molar-refractivity contribution in [1.29, 1.82) is 0 Å². The minimum Gasteiger partial charge on any atom is -0.358 e. The van der Waals surface area contributed by atoms with Gasteiger partial charge >= 0.3 is 0 Å². The Kier molecular flexibility index (Phi) is 4.16. The Labute approximate surface area is 113 Å². The maximum Gasteiger partial charge on any atom is 0.244 e. The normalized spacial score (nSPS) is 17.5. The second-order valence-corrected chi connectivity index (χ2v) is 4.70. The van der Waals surface area contributed by atoms with Crippen molar-refractivity contribution in [2.24, 2.45) is 0 Å². The number of hydrogen-bond acceptors (Lipinski definition) is 3. The lowest BCUT2D eigenvalue weighted by Gasteiger charge is -2.29. The number of carbonyl (C=O) groups excluding carboxylic acids is 2. The Bertz CT molecular complexity index is 487. The first-order valence-corrected chi connectivity index (χ1v) is 6.40. The van der Waals surface area contributed by atoms with Crippen LogP contribution in [-0.2, 0) is 16.0 Å². The number of rotatable bonds is 3. The molecule has 5 heteroatoms. The molecule has 1 atom stereocenters. The van der Waals surface area contributed by atoms with Crippen molar-refractivity contribution < 1.29 is 9.59 Å². The minimum absolute atomic E-state index is 0.0734. The highest BCUT2D eigenvalue weighted by molar-refractivity contribution is 5.88. The number of nitrogens with zero attached hydrogens (tertiary/aromatic N) is 1. The van der Waals surface area contributed by atoms with E-state index in [1.165, 1.54) is 10.5 Å². The third-order valence-electron chi connectivity index (χ3n) is 3.39. The number of amides is 2. The van der Waals surface area contributed by atoms with Gasteiger partial charge in [0.05, 0.1) is 6.54 Å². The Balaban J connectivity index is 2.14. The van der Waals surface area contributed by atoms with Crippen molar-refractivity contribution in [2.45, 2.75) is 12.5 Å². The van der Waals surface area contributed by atoms with Crippen molar-refractivity contribution in [3.05, 3.63) is 35.4 Å². The van der Waals surface area contributed by atoms with E-state index in [0.717, 1.165) is 18.5 Å². The lowest BCUT2D eigenvalue weighted by molar-refractivity contribution is -0.136. The molecule has 1 aromatic rings. The van der Waals surface area contributed by atoms with Crippen LogP contribution >= 0.6 is 0 Å². The number of likely N-dealkylation sites (N-methyl/N-ethyl adjacent to an activating group) is 2. The summed E-state index contributed by atoms with van der Waals surface area (Å²) in [7, 11) is 3.21. The predicted molar refractivity (Wildman–Crippen MR) is 72.6 cm³/mol. The van der Waals surface area contributed by atoms with Gasteiger partial charge in [-0.25, -0.2) is 0 Å². The molecule has 1 aliphatic heterocycles. The molecule has 1 unspecified atom stereocenters. The summed E-state index contributed by atoms with van der Waals surface area (Å²) in [5, 5.41) is 5.74. The molecule has 2 amide bonds. The van der Waals surface area contributed by atoms with Gasteiger partial charge in [-0.15, -0.1) is 0 Å². The smallest absolute Gasteiger partial charge is 0.244 e. The molecule has 2 rings (SSSR count). The van der Waals surface area contributed by atoms with E-state index in [1.54, 1.807) is 14.1 Å². The van der Waals surface area contributed by atoms with Crippen LogP contribution in [0.15, 0.2) is 24.3 Å². The minimum atomic E-state index is -0.348. The quantitative estimate of drug-likeness (QED) is 0.810. The van der Waals surface area contributed by atoms with E-state index in [0.29, 0.717) is 0 Å². The summed E-state index contributed by atoms with van der Waals surface area (Å²) in [6.45, 7) is 0.858. The van der Waals surface area contributed by atoms with Gasteiger partial charge in [0.2, 0.25) is 11.8 Å². The first-order valence-electron chi connectivity index (χ1n) is 6.40. The van der Waals surface area contributed by atoms with Crippen molar-refractivity contribution in [3.63, 3.8) is 0 Å². The summed E-state index contributed by atoms with van der Waals surface area (Å²) >= 11 is 0. The zero-order chi connectivity index (χ0) is 13.8. The number of carbonyl (C=O) groups is 2. The van der Waals surface area contributed by atoms with Gasteiger partial charge in [0.25, 0.3) is 0 Å². The number of hydrogen-bond donors (Lipinski definition) is 2. The highest BCUT2D eigenvalue weighted by Gasteiger charge is 2.28. The predicted octanol–water partition coefficient (Wildman–Crippen LogP) is 0.0778. The van der Waals surface area contributed by atoms with Crippen LogP contribution in [0.25, 0.3) is 0 Å². The molecule has 0 fully saturated rings. The molecule has 102 valence electrons. The van der Waals surface area contributed by atoms with Crippen LogP contribution in [-0.4, -0.2) is 43.9 Å². The average Bonchev–Trinajstić information content (AvgIpc) is 2.45. The first-order chi connectivity index (χ1) is 9.13. The third-order valence-corrected chi connectivity index (χ3v) is 3.39. The van der Waals surface area contributed by atoms with Gasteiger partial charge in [0, 0.05) is 20.6 Å². The number of nitrogens with one attached hydrogen (secondary N) is 2. The fourth-order valence-electron chi connectivity index (χ4n) is 2.32. The van der Waals surface area contributed by atoms with Gasteiger partial charge in [0.1, 0.15) is 6.04 Å². The van der Waals surface area contributed by atoms with Crippen molar-refractivity contribution >= 4 is 11.8 Å². The fourth-order valence-corrected chi connectivity index (χ4v) is 2.32. The molecule has 1 aliphatic rings. The monoisotopic (exact) mass is 261 g/mol. The highest BCUT2D eigenvalue weighted by atomic mass is 16.2.